The summed E-state index contributed by atoms with van der Waals surface area (Å²) in [5.74, 6) is 1.00. The summed E-state index contributed by atoms with van der Waals surface area (Å²) >= 11 is 0. The Labute approximate surface area is 190 Å². The van der Waals surface area contributed by atoms with E-state index in [1.807, 2.05) is 0 Å². The van der Waals surface area contributed by atoms with Crippen molar-refractivity contribution in [3.8, 4) is 0 Å². The van der Waals surface area contributed by atoms with Gasteiger partial charge in [0, 0.05) is 70.1 Å². The van der Waals surface area contributed by atoms with Gasteiger partial charge in [-0.25, -0.2) is 0 Å². The van der Waals surface area contributed by atoms with Gasteiger partial charge in [0.1, 0.15) is 0 Å². The minimum absolute atomic E-state index is 0.550. The predicted octanol–water partition coefficient (Wildman–Crippen LogP) is 3.02. The van der Waals surface area contributed by atoms with Crippen LogP contribution < -0.4 is 15.5 Å². The third-order valence-electron chi connectivity index (χ3n) is 6.59. The van der Waals surface area contributed by atoms with Crippen LogP contribution in [-0.2, 0) is 0 Å². The maximum Gasteiger partial charge on any atom is 0.191 e. The van der Waals surface area contributed by atoms with Gasteiger partial charge in [0.2, 0.25) is 0 Å². The molecule has 0 atom stereocenters. The highest BCUT2D eigenvalue weighted by atomic mass is 15.3. The molecule has 0 saturated carbocycles. The number of unbranched alkanes of at least 4 members (excludes halogenated alkanes) is 1. The molecule has 2 aliphatic rings. The molecule has 2 saturated heterocycles. The highest BCUT2D eigenvalue weighted by molar-refractivity contribution is 5.80. The molecule has 2 N–H and O–H groups in total. The molecule has 6 heteroatoms. The summed E-state index contributed by atoms with van der Waals surface area (Å²) in [5.41, 5.74) is 1.36. The summed E-state index contributed by atoms with van der Waals surface area (Å²) in [6.45, 7) is 16.7. The van der Waals surface area contributed by atoms with Crippen molar-refractivity contribution in [2.45, 2.75) is 58.5 Å². The number of hydrogen-bond acceptors (Lipinski definition) is 4. The Morgan fingerprint density at radius 1 is 1.00 bits per heavy atom. The molecule has 174 valence electrons. The van der Waals surface area contributed by atoms with Crippen molar-refractivity contribution in [2.75, 3.05) is 63.8 Å². The van der Waals surface area contributed by atoms with E-state index in [9.17, 15) is 0 Å². The Bertz CT molecular complexity index is 631. The minimum Gasteiger partial charge on any atom is -0.369 e. The van der Waals surface area contributed by atoms with Gasteiger partial charge < -0.3 is 20.4 Å². The lowest BCUT2D eigenvalue weighted by Gasteiger charge is -2.36. The quantitative estimate of drug-likeness (QED) is 0.360. The van der Waals surface area contributed by atoms with Crippen molar-refractivity contribution < 1.29 is 0 Å². The van der Waals surface area contributed by atoms with Crippen LogP contribution in [0.3, 0.4) is 0 Å². The van der Waals surface area contributed by atoms with Gasteiger partial charge in [-0.3, -0.25) is 9.89 Å². The molecule has 2 heterocycles. The second kappa shape index (κ2) is 12.9. The van der Waals surface area contributed by atoms with Gasteiger partial charge in [-0.1, -0.05) is 18.2 Å². The van der Waals surface area contributed by atoms with Crippen LogP contribution in [-0.4, -0.2) is 86.7 Å². The van der Waals surface area contributed by atoms with Crippen LogP contribution in [0, 0.1) is 0 Å². The number of piperazine rings is 1. The predicted molar refractivity (Wildman–Crippen MR) is 133 cm³/mol. The average molecular weight is 429 g/mol. The number of guanidine groups is 1. The van der Waals surface area contributed by atoms with Crippen LogP contribution >= 0.6 is 0 Å². The number of hydrogen-bond donors (Lipinski definition) is 2. The number of aliphatic imine (C=N–C) groups is 1. The van der Waals surface area contributed by atoms with Crippen LogP contribution in [0.15, 0.2) is 35.3 Å². The molecule has 6 nitrogen and oxygen atoms in total. The Kier molecular flexibility index (Phi) is 9.94. The van der Waals surface area contributed by atoms with Gasteiger partial charge in [0.05, 0.1) is 0 Å². The zero-order chi connectivity index (χ0) is 21.9. The van der Waals surface area contributed by atoms with E-state index < -0.39 is 0 Å². The first kappa shape index (κ1) is 23.9. The van der Waals surface area contributed by atoms with Crippen molar-refractivity contribution in [2.24, 2.45) is 4.99 Å². The highest BCUT2D eigenvalue weighted by Gasteiger charge is 2.21. The molecule has 2 aliphatic heterocycles. The molecule has 0 unspecified atom stereocenters. The van der Waals surface area contributed by atoms with Gasteiger partial charge in [-0.15, -0.1) is 0 Å². The van der Waals surface area contributed by atoms with Gasteiger partial charge in [-0.2, -0.15) is 0 Å². The van der Waals surface area contributed by atoms with E-state index in [1.54, 1.807) is 0 Å². The summed E-state index contributed by atoms with van der Waals surface area (Å²) in [6, 6.07) is 12.0. The number of anilines is 1. The fourth-order valence-corrected chi connectivity index (χ4v) is 4.58. The van der Waals surface area contributed by atoms with Crippen LogP contribution in [0.25, 0.3) is 0 Å². The maximum absolute atomic E-state index is 4.85. The van der Waals surface area contributed by atoms with Gasteiger partial charge in [0.25, 0.3) is 0 Å². The number of rotatable bonds is 9. The molecule has 0 amide bonds. The van der Waals surface area contributed by atoms with E-state index >= 15 is 0 Å². The number of likely N-dealkylation sites (tertiary alicyclic amines) is 1. The number of piperidine rings is 1. The number of nitrogens with one attached hydrogen (secondary N) is 2. The molecule has 3 rings (SSSR count). The van der Waals surface area contributed by atoms with E-state index in [0.717, 1.165) is 51.6 Å². The minimum atomic E-state index is 0.550. The van der Waals surface area contributed by atoms with Gasteiger partial charge in [-0.05, 0) is 65.1 Å². The highest BCUT2D eigenvalue weighted by Crippen LogP contribution is 2.16. The monoisotopic (exact) mass is 428 g/mol. The van der Waals surface area contributed by atoms with Crippen molar-refractivity contribution >= 4 is 11.6 Å². The van der Waals surface area contributed by atoms with E-state index in [4.69, 9.17) is 4.99 Å². The SMILES string of the molecule is CCNC(=NCCCCN1CCN(c2ccccc2)CC1)NC1CCN(C(C)C)CC1. The Balaban J connectivity index is 1.31. The normalized spacial score (nSPS) is 19.7. The summed E-state index contributed by atoms with van der Waals surface area (Å²) < 4.78 is 0. The molecule has 1 aromatic rings. The fourth-order valence-electron chi connectivity index (χ4n) is 4.58. The first-order valence-electron chi connectivity index (χ1n) is 12.5. The van der Waals surface area contributed by atoms with E-state index in [1.165, 1.54) is 44.6 Å². The molecule has 0 bridgehead atoms. The zero-order valence-corrected chi connectivity index (χ0v) is 20.0. The molecule has 31 heavy (non-hydrogen) atoms. The molecular weight excluding hydrogens is 384 g/mol. The zero-order valence-electron chi connectivity index (χ0n) is 20.0. The molecule has 0 spiro atoms. The summed E-state index contributed by atoms with van der Waals surface area (Å²) in [5, 5.41) is 7.11. The molecule has 1 aromatic carbocycles. The van der Waals surface area contributed by atoms with Crippen LogP contribution in [0.4, 0.5) is 5.69 Å². The van der Waals surface area contributed by atoms with Crippen molar-refractivity contribution in [1.82, 2.24) is 20.4 Å². The second-order valence-electron chi connectivity index (χ2n) is 9.18. The molecule has 0 radical (unpaired) electrons. The topological polar surface area (TPSA) is 46.1 Å². The van der Waals surface area contributed by atoms with Crippen LogP contribution in [0.2, 0.25) is 0 Å². The fraction of sp³-hybridized carbons (Fsp3) is 0.720. The lowest BCUT2D eigenvalue weighted by atomic mass is 10.0. The summed E-state index contributed by atoms with van der Waals surface area (Å²) in [4.78, 5) is 12.5. The van der Waals surface area contributed by atoms with Crippen molar-refractivity contribution in [1.29, 1.82) is 0 Å². The standard InChI is InChI=1S/C25H44N6/c1-4-26-25(28-23-12-16-30(17-13-23)22(2)3)27-14-8-9-15-29-18-20-31(21-19-29)24-10-6-5-7-11-24/h5-7,10-11,22-23H,4,8-9,12-21H2,1-3H3,(H2,26,27,28). The molecule has 0 aliphatic carbocycles. The van der Waals surface area contributed by atoms with E-state index in [-0.39, 0.29) is 0 Å². The second-order valence-corrected chi connectivity index (χ2v) is 9.18. The summed E-state index contributed by atoms with van der Waals surface area (Å²) in [7, 11) is 0. The third kappa shape index (κ3) is 8.00. The molecular formula is C25H44N6. The Hall–Kier alpha value is -1.79. The number of para-hydroxylation sites is 1. The maximum atomic E-state index is 4.85. The van der Waals surface area contributed by atoms with E-state index in [0.29, 0.717) is 12.1 Å². The van der Waals surface area contributed by atoms with Gasteiger partial charge in [0.15, 0.2) is 5.96 Å². The largest absolute Gasteiger partial charge is 0.369 e. The van der Waals surface area contributed by atoms with Gasteiger partial charge >= 0.3 is 0 Å². The summed E-state index contributed by atoms with van der Waals surface area (Å²) in [6.07, 6.45) is 4.79. The number of nitrogens with zero attached hydrogens (tertiary/aromatic N) is 4. The smallest absolute Gasteiger partial charge is 0.191 e. The molecule has 2 fully saturated rings. The lowest BCUT2D eigenvalue weighted by Crippen LogP contribution is -2.49. The number of benzene rings is 1. The lowest BCUT2D eigenvalue weighted by molar-refractivity contribution is 0.167. The Morgan fingerprint density at radius 2 is 1.71 bits per heavy atom. The molecule has 0 aromatic heterocycles. The van der Waals surface area contributed by atoms with Crippen LogP contribution in [0.5, 0.6) is 0 Å². The first-order chi connectivity index (χ1) is 15.2. The van der Waals surface area contributed by atoms with E-state index in [2.05, 4.69) is 76.4 Å². The van der Waals surface area contributed by atoms with Crippen molar-refractivity contribution in [3.05, 3.63) is 30.3 Å². The van der Waals surface area contributed by atoms with Crippen LogP contribution in [0.1, 0.15) is 46.5 Å². The van der Waals surface area contributed by atoms with Crippen molar-refractivity contribution in [3.63, 3.8) is 0 Å². The average Bonchev–Trinajstić information content (AvgIpc) is 2.80. The third-order valence-corrected chi connectivity index (χ3v) is 6.59. The first-order valence-corrected chi connectivity index (χ1v) is 12.5. The Morgan fingerprint density at radius 3 is 2.35 bits per heavy atom.